The molecule has 0 aliphatic carbocycles. The number of hydrogen-bond donors (Lipinski definition) is 1. The van der Waals surface area contributed by atoms with E-state index in [1.54, 1.807) is 0 Å². The molecule has 0 fully saturated rings. The molecule has 1 heterocycles. The number of aromatic nitrogens is 2. The second kappa shape index (κ2) is 5.83. The van der Waals surface area contributed by atoms with E-state index in [0.29, 0.717) is 0 Å². The van der Waals surface area contributed by atoms with Crippen molar-refractivity contribution in [3.63, 3.8) is 0 Å². The fourth-order valence-corrected chi connectivity index (χ4v) is 2.41. The SMILES string of the molecule is Cc1ccc(NCc2cnc(C)n2-c2ccccc2)cc1. The molecule has 3 nitrogen and oxygen atoms in total. The monoisotopic (exact) mass is 277 g/mol. The van der Waals surface area contributed by atoms with Gasteiger partial charge in [0.25, 0.3) is 0 Å². The third kappa shape index (κ3) is 2.97. The second-order valence-corrected chi connectivity index (χ2v) is 5.19. The quantitative estimate of drug-likeness (QED) is 0.778. The zero-order chi connectivity index (χ0) is 14.7. The first-order valence-corrected chi connectivity index (χ1v) is 7.13. The summed E-state index contributed by atoms with van der Waals surface area (Å²) in [5.74, 6) is 1.00. The number of benzene rings is 2. The van der Waals surface area contributed by atoms with Crippen molar-refractivity contribution in [3.8, 4) is 5.69 Å². The topological polar surface area (TPSA) is 29.9 Å². The summed E-state index contributed by atoms with van der Waals surface area (Å²) in [4.78, 5) is 4.44. The summed E-state index contributed by atoms with van der Waals surface area (Å²) < 4.78 is 2.18. The Labute approximate surface area is 125 Å². The number of para-hydroxylation sites is 1. The van der Waals surface area contributed by atoms with Crippen LogP contribution < -0.4 is 5.32 Å². The predicted molar refractivity (Wildman–Crippen MR) is 86.8 cm³/mol. The van der Waals surface area contributed by atoms with Crippen LogP contribution in [0, 0.1) is 13.8 Å². The Morgan fingerprint density at radius 2 is 1.67 bits per heavy atom. The second-order valence-electron chi connectivity index (χ2n) is 5.19. The largest absolute Gasteiger partial charge is 0.379 e. The highest BCUT2D eigenvalue weighted by Crippen LogP contribution is 2.16. The maximum Gasteiger partial charge on any atom is 0.110 e. The molecule has 3 aromatic rings. The molecule has 0 bridgehead atoms. The zero-order valence-electron chi connectivity index (χ0n) is 12.4. The van der Waals surface area contributed by atoms with Gasteiger partial charge in [0.05, 0.1) is 18.4 Å². The van der Waals surface area contributed by atoms with Gasteiger partial charge in [-0.2, -0.15) is 0 Å². The van der Waals surface area contributed by atoms with Gasteiger partial charge in [-0.05, 0) is 38.1 Å². The summed E-state index contributed by atoms with van der Waals surface area (Å²) in [5, 5.41) is 3.45. The number of hydrogen-bond acceptors (Lipinski definition) is 2. The van der Waals surface area contributed by atoms with Crippen LogP contribution in [0.2, 0.25) is 0 Å². The van der Waals surface area contributed by atoms with Gasteiger partial charge in [-0.25, -0.2) is 4.98 Å². The molecule has 0 aliphatic rings. The van der Waals surface area contributed by atoms with Crippen LogP contribution in [-0.2, 0) is 6.54 Å². The van der Waals surface area contributed by atoms with E-state index in [1.165, 1.54) is 5.56 Å². The molecule has 2 aromatic carbocycles. The predicted octanol–water partition coefficient (Wildman–Crippen LogP) is 4.10. The molecule has 106 valence electrons. The average Bonchev–Trinajstić information content (AvgIpc) is 2.88. The molecule has 1 N–H and O–H groups in total. The summed E-state index contributed by atoms with van der Waals surface area (Å²) in [6.45, 7) is 4.87. The van der Waals surface area contributed by atoms with Crippen LogP contribution in [0.4, 0.5) is 5.69 Å². The van der Waals surface area contributed by atoms with Crippen molar-refractivity contribution in [1.29, 1.82) is 0 Å². The standard InChI is InChI=1S/C18H19N3/c1-14-8-10-16(11-9-14)20-13-18-12-19-15(2)21(18)17-6-4-3-5-7-17/h3-12,20H,13H2,1-2H3. The molecule has 3 heteroatoms. The molecule has 1 aromatic heterocycles. The molecule has 0 saturated carbocycles. The van der Waals surface area contributed by atoms with Gasteiger partial charge in [0, 0.05) is 11.4 Å². The molecule has 0 saturated heterocycles. The van der Waals surface area contributed by atoms with Crippen LogP contribution in [-0.4, -0.2) is 9.55 Å². The van der Waals surface area contributed by atoms with Crippen molar-refractivity contribution in [1.82, 2.24) is 9.55 Å². The van der Waals surface area contributed by atoms with Crippen molar-refractivity contribution in [2.45, 2.75) is 20.4 Å². The highest BCUT2D eigenvalue weighted by atomic mass is 15.1. The fraction of sp³-hybridized carbons (Fsp3) is 0.167. The first-order chi connectivity index (χ1) is 10.2. The highest BCUT2D eigenvalue weighted by Gasteiger charge is 2.08. The smallest absolute Gasteiger partial charge is 0.110 e. The maximum atomic E-state index is 4.44. The van der Waals surface area contributed by atoms with Crippen LogP contribution in [0.5, 0.6) is 0 Å². The van der Waals surface area contributed by atoms with Gasteiger partial charge in [-0.1, -0.05) is 35.9 Å². The minimum absolute atomic E-state index is 0.749. The third-order valence-corrected chi connectivity index (χ3v) is 3.55. The number of imidazole rings is 1. The number of aryl methyl sites for hydroxylation is 2. The molecule has 0 spiro atoms. The number of nitrogens with zero attached hydrogens (tertiary/aromatic N) is 2. The summed E-state index contributed by atoms with van der Waals surface area (Å²) >= 11 is 0. The first kappa shape index (κ1) is 13.4. The zero-order valence-corrected chi connectivity index (χ0v) is 12.4. The lowest BCUT2D eigenvalue weighted by atomic mass is 10.2. The Bertz CT molecular complexity index is 712. The molecule has 0 aliphatic heterocycles. The Morgan fingerprint density at radius 1 is 0.952 bits per heavy atom. The Morgan fingerprint density at radius 3 is 2.38 bits per heavy atom. The van der Waals surface area contributed by atoms with E-state index in [9.17, 15) is 0 Å². The van der Waals surface area contributed by atoms with Crippen LogP contribution in [0.15, 0.2) is 60.8 Å². The van der Waals surface area contributed by atoms with Crippen LogP contribution in [0.3, 0.4) is 0 Å². The van der Waals surface area contributed by atoms with E-state index >= 15 is 0 Å². The van der Waals surface area contributed by atoms with Crippen molar-refractivity contribution in [2.24, 2.45) is 0 Å². The van der Waals surface area contributed by atoms with Crippen LogP contribution in [0.1, 0.15) is 17.1 Å². The Kier molecular flexibility index (Phi) is 3.73. The summed E-state index contributed by atoms with van der Waals surface area (Å²) in [6.07, 6.45) is 1.93. The van der Waals surface area contributed by atoms with Crippen LogP contribution >= 0.6 is 0 Å². The van der Waals surface area contributed by atoms with Crippen LogP contribution in [0.25, 0.3) is 5.69 Å². The minimum atomic E-state index is 0.749. The average molecular weight is 277 g/mol. The molecule has 0 atom stereocenters. The normalized spacial score (nSPS) is 10.6. The lowest BCUT2D eigenvalue weighted by Crippen LogP contribution is -2.07. The van der Waals surface area contributed by atoms with Gasteiger partial charge in [0.2, 0.25) is 0 Å². The maximum absolute atomic E-state index is 4.44. The van der Waals surface area contributed by atoms with Gasteiger partial charge in [0.1, 0.15) is 5.82 Å². The van der Waals surface area contributed by atoms with Gasteiger partial charge in [0.15, 0.2) is 0 Å². The molecule has 0 amide bonds. The number of anilines is 1. The van der Waals surface area contributed by atoms with E-state index in [2.05, 4.69) is 58.2 Å². The van der Waals surface area contributed by atoms with E-state index in [-0.39, 0.29) is 0 Å². The first-order valence-electron chi connectivity index (χ1n) is 7.13. The molecular weight excluding hydrogens is 258 g/mol. The molecule has 3 rings (SSSR count). The molecule has 21 heavy (non-hydrogen) atoms. The van der Waals surface area contributed by atoms with Gasteiger partial charge < -0.3 is 5.32 Å². The summed E-state index contributed by atoms with van der Waals surface area (Å²) in [7, 11) is 0. The van der Waals surface area contributed by atoms with E-state index in [0.717, 1.165) is 29.4 Å². The summed E-state index contributed by atoms with van der Waals surface area (Å²) in [5.41, 5.74) is 4.69. The van der Waals surface area contributed by atoms with Crippen molar-refractivity contribution in [3.05, 3.63) is 77.9 Å². The van der Waals surface area contributed by atoms with Crippen molar-refractivity contribution in [2.75, 3.05) is 5.32 Å². The molecular formula is C18H19N3. The van der Waals surface area contributed by atoms with Gasteiger partial charge >= 0.3 is 0 Å². The highest BCUT2D eigenvalue weighted by molar-refractivity contribution is 5.45. The van der Waals surface area contributed by atoms with Gasteiger partial charge in [-0.3, -0.25) is 4.57 Å². The number of nitrogens with one attached hydrogen (secondary N) is 1. The fourth-order valence-electron chi connectivity index (χ4n) is 2.41. The van der Waals surface area contributed by atoms with E-state index < -0.39 is 0 Å². The van der Waals surface area contributed by atoms with Crippen molar-refractivity contribution < 1.29 is 0 Å². The Balaban J connectivity index is 1.82. The number of rotatable bonds is 4. The lowest BCUT2D eigenvalue weighted by Gasteiger charge is -2.12. The van der Waals surface area contributed by atoms with E-state index in [4.69, 9.17) is 0 Å². The van der Waals surface area contributed by atoms with Gasteiger partial charge in [-0.15, -0.1) is 0 Å². The summed E-state index contributed by atoms with van der Waals surface area (Å²) in [6, 6.07) is 18.8. The lowest BCUT2D eigenvalue weighted by molar-refractivity contribution is 0.900. The third-order valence-electron chi connectivity index (χ3n) is 3.55. The Hall–Kier alpha value is -2.55. The molecule has 0 radical (unpaired) electrons. The molecule has 0 unspecified atom stereocenters. The van der Waals surface area contributed by atoms with Crippen molar-refractivity contribution >= 4 is 5.69 Å². The van der Waals surface area contributed by atoms with E-state index in [1.807, 2.05) is 31.3 Å². The minimum Gasteiger partial charge on any atom is -0.379 e.